The molecule has 16 heavy (non-hydrogen) atoms. The Morgan fingerprint density at radius 1 is 1.56 bits per heavy atom. The number of nitrogens with two attached hydrogens (primary N) is 1. The molecule has 0 saturated carbocycles. The quantitative estimate of drug-likeness (QED) is 0.762. The highest BCUT2D eigenvalue weighted by Gasteiger charge is 2.09. The molecule has 0 aromatic carbocycles. The van der Waals surface area contributed by atoms with Crippen LogP contribution in [0.2, 0.25) is 0 Å². The molecule has 0 aliphatic carbocycles. The number of pyridine rings is 1. The third-order valence-corrected chi connectivity index (χ3v) is 2.00. The number of rotatable bonds is 2. The standard InChI is InChI=1S/C8H10BrN3O2.2ClH/c1-4(10)7(13)12-6-2-5(9)3-11-8(6)14;;/h2-4H,10H2,1H3,(H,11,14)(H,12,13);2*1H/t4-;;/m1../s1. The van der Waals surface area contributed by atoms with Crippen molar-refractivity contribution in [2.45, 2.75) is 13.0 Å². The van der Waals surface area contributed by atoms with Gasteiger partial charge in [0.1, 0.15) is 5.69 Å². The summed E-state index contributed by atoms with van der Waals surface area (Å²) in [5.74, 6) is -0.395. The maximum Gasteiger partial charge on any atom is 0.271 e. The summed E-state index contributed by atoms with van der Waals surface area (Å²) in [6.45, 7) is 1.54. The van der Waals surface area contributed by atoms with Gasteiger partial charge in [-0.2, -0.15) is 0 Å². The highest BCUT2D eigenvalue weighted by molar-refractivity contribution is 9.10. The molecule has 0 radical (unpaired) electrons. The molecule has 1 aromatic rings. The lowest BCUT2D eigenvalue weighted by atomic mass is 10.3. The lowest BCUT2D eigenvalue weighted by Crippen LogP contribution is -2.34. The molecule has 0 aliphatic heterocycles. The predicted octanol–water partition coefficient (Wildman–Crippen LogP) is 1.27. The van der Waals surface area contributed by atoms with Crippen LogP contribution in [0.25, 0.3) is 0 Å². The van der Waals surface area contributed by atoms with Crippen molar-refractivity contribution in [1.29, 1.82) is 0 Å². The van der Waals surface area contributed by atoms with Gasteiger partial charge in [-0.1, -0.05) is 0 Å². The Morgan fingerprint density at radius 3 is 2.62 bits per heavy atom. The summed E-state index contributed by atoms with van der Waals surface area (Å²) < 4.78 is 0.678. The zero-order valence-electron chi connectivity index (χ0n) is 8.32. The number of hydrogen-bond acceptors (Lipinski definition) is 3. The third-order valence-electron chi connectivity index (χ3n) is 1.54. The van der Waals surface area contributed by atoms with E-state index in [4.69, 9.17) is 5.73 Å². The first-order valence-corrected chi connectivity index (χ1v) is 4.74. The summed E-state index contributed by atoms with van der Waals surface area (Å²) in [6.07, 6.45) is 1.49. The van der Waals surface area contributed by atoms with Crippen LogP contribution in [0.1, 0.15) is 6.92 Å². The van der Waals surface area contributed by atoms with Crippen molar-refractivity contribution in [2.24, 2.45) is 5.73 Å². The molecule has 4 N–H and O–H groups in total. The summed E-state index contributed by atoms with van der Waals surface area (Å²) >= 11 is 3.17. The molecule has 5 nitrogen and oxygen atoms in total. The van der Waals surface area contributed by atoms with E-state index in [1.165, 1.54) is 12.3 Å². The van der Waals surface area contributed by atoms with E-state index < -0.39 is 11.9 Å². The number of halogens is 3. The zero-order chi connectivity index (χ0) is 10.7. The lowest BCUT2D eigenvalue weighted by Gasteiger charge is -2.06. The predicted molar refractivity (Wildman–Crippen MR) is 71.5 cm³/mol. The van der Waals surface area contributed by atoms with Crippen molar-refractivity contribution < 1.29 is 4.79 Å². The van der Waals surface area contributed by atoms with Crippen LogP contribution in [-0.2, 0) is 4.79 Å². The number of H-pyrrole nitrogens is 1. The van der Waals surface area contributed by atoms with Crippen molar-refractivity contribution in [3.63, 3.8) is 0 Å². The fraction of sp³-hybridized carbons (Fsp3) is 0.250. The molecule has 0 fully saturated rings. The maximum atomic E-state index is 11.2. The Bertz CT molecular complexity index is 409. The number of nitrogens with one attached hydrogen (secondary N) is 2. The van der Waals surface area contributed by atoms with Gasteiger partial charge in [-0.05, 0) is 28.9 Å². The van der Waals surface area contributed by atoms with E-state index in [-0.39, 0.29) is 36.1 Å². The summed E-state index contributed by atoms with van der Waals surface area (Å²) in [5, 5.41) is 2.41. The molecule has 1 aromatic heterocycles. The van der Waals surface area contributed by atoms with Crippen LogP contribution in [0.4, 0.5) is 5.69 Å². The first kappa shape index (κ1) is 17.8. The Balaban J connectivity index is 0. The Kier molecular flexibility index (Phi) is 8.54. The first-order valence-electron chi connectivity index (χ1n) is 3.95. The van der Waals surface area contributed by atoms with Crippen LogP contribution < -0.4 is 16.6 Å². The average molecular weight is 333 g/mol. The number of amides is 1. The van der Waals surface area contributed by atoms with Crippen LogP contribution in [0.5, 0.6) is 0 Å². The Morgan fingerprint density at radius 2 is 2.12 bits per heavy atom. The van der Waals surface area contributed by atoms with E-state index in [1.807, 2.05) is 0 Å². The molecule has 0 spiro atoms. The van der Waals surface area contributed by atoms with Crippen molar-refractivity contribution in [3.8, 4) is 0 Å². The molecule has 1 heterocycles. The smallest absolute Gasteiger partial charge is 0.271 e. The van der Waals surface area contributed by atoms with Gasteiger partial charge < -0.3 is 16.0 Å². The molecule has 0 bridgehead atoms. The second kappa shape index (κ2) is 7.67. The highest BCUT2D eigenvalue weighted by atomic mass is 79.9. The number of carbonyl (C=O) groups is 1. The number of anilines is 1. The van der Waals surface area contributed by atoms with Gasteiger partial charge in [0.25, 0.3) is 5.56 Å². The first-order chi connectivity index (χ1) is 6.50. The van der Waals surface area contributed by atoms with Crippen molar-refractivity contribution >= 4 is 52.3 Å². The minimum absolute atomic E-state index is 0. The van der Waals surface area contributed by atoms with Crippen LogP contribution in [0.15, 0.2) is 21.5 Å². The fourth-order valence-electron chi connectivity index (χ4n) is 0.797. The van der Waals surface area contributed by atoms with E-state index >= 15 is 0 Å². The molecule has 0 aliphatic rings. The van der Waals surface area contributed by atoms with Gasteiger partial charge >= 0.3 is 0 Å². The zero-order valence-corrected chi connectivity index (χ0v) is 11.5. The van der Waals surface area contributed by atoms with E-state index in [0.717, 1.165) is 0 Å². The largest absolute Gasteiger partial charge is 0.326 e. The van der Waals surface area contributed by atoms with Crippen molar-refractivity contribution in [1.82, 2.24) is 4.98 Å². The topological polar surface area (TPSA) is 88.0 Å². The second-order valence-electron chi connectivity index (χ2n) is 2.84. The van der Waals surface area contributed by atoms with Gasteiger partial charge in [0.15, 0.2) is 0 Å². The summed E-state index contributed by atoms with van der Waals surface area (Å²) in [7, 11) is 0. The van der Waals surface area contributed by atoms with Crippen LogP contribution in [-0.4, -0.2) is 16.9 Å². The van der Waals surface area contributed by atoms with Gasteiger partial charge in [0.05, 0.1) is 6.04 Å². The normalized spacial score (nSPS) is 10.7. The van der Waals surface area contributed by atoms with Crippen LogP contribution in [0.3, 0.4) is 0 Å². The van der Waals surface area contributed by atoms with Gasteiger partial charge in [0, 0.05) is 10.7 Å². The number of aromatic amines is 1. The monoisotopic (exact) mass is 331 g/mol. The highest BCUT2D eigenvalue weighted by Crippen LogP contribution is 2.09. The summed E-state index contributed by atoms with van der Waals surface area (Å²) in [6, 6.07) is 0.868. The van der Waals surface area contributed by atoms with Crippen LogP contribution >= 0.6 is 40.7 Å². The van der Waals surface area contributed by atoms with Gasteiger partial charge in [-0.25, -0.2) is 0 Å². The molecule has 1 atom stereocenters. The molecule has 0 unspecified atom stereocenters. The third kappa shape index (κ3) is 4.98. The van der Waals surface area contributed by atoms with Crippen molar-refractivity contribution in [2.75, 3.05) is 5.32 Å². The van der Waals surface area contributed by atoms with Gasteiger partial charge in [-0.15, -0.1) is 24.8 Å². The molecule has 1 amide bonds. The Labute approximate surface area is 113 Å². The second-order valence-corrected chi connectivity index (χ2v) is 3.75. The SMILES string of the molecule is C[C@@H](N)C(=O)Nc1cc(Br)c[nH]c1=O.Cl.Cl. The molecule has 1 rings (SSSR count). The molecule has 0 saturated heterocycles. The van der Waals surface area contributed by atoms with Gasteiger partial charge in [0.2, 0.25) is 5.91 Å². The molecule has 8 heteroatoms. The van der Waals surface area contributed by atoms with E-state index in [9.17, 15) is 9.59 Å². The number of carbonyl (C=O) groups excluding carboxylic acids is 1. The van der Waals surface area contributed by atoms with Crippen molar-refractivity contribution in [3.05, 3.63) is 27.1 Å². The molecular weight excluding hydrogens is 321 g/mol. The molecule has 92 valence electrons. The van der Waals surface area contributed by atoms with E-state index in [0.29, 0.717) is 4.47 Å². The minimum Gasteiger partial charge on any atom is -0.326 e. The van der Waals surface area contributed by atoms with E-state index in [1.54, 1.807) is 6.92 Å². The maximum absolute atomic E-state index is 11.2. The number of hydrogen-bond donors (Lipinski definition) is 3. The van der Waals surface area contributed by atoms with Gasteiger partial charge in [-0.3, -0.25) is 9.59 Å². The summed E-state index contributed by atoms with van der Waals surface area (Å²) in [4.78, 5) is 24.8. The van der Waals surface area contributed by atoms with E-state index in [2.05, 4.69) is 26.2 Å². The average Bonchev–Trinajstić information content (AvgIpc) is 2.11. The number of aromatic nitrogens is 1. The summed E-state index contributed by atoms with van der Waals surface area (Å²) in [5.41, 5.74) is 5.16. The Hall–Kier alpha value is -0.560. The lowest BCUT2D eigenvalue weighted by molar-refractivity contribution is -0.117. The minimum atomic E-state index is -0.645. The fourth-order valence-corrected chi connectivity index (χ4v) is 1.14. The van der Waals surface area contributed by atoms with Crippen LogP contribution in [0, 0.1) is 0 Å². The molecular formula is C8H12BrCl2N3O2.